The third kappa shape index (κ3) is 4.72. The van der Waals surface area contributed by atoms with Gasteiger partial charge in [-0.3, -0.25) is 0 Å². The van der Waals surface area contributed by atoms with Gasteiger partial charge < -0.3 is 5.32 Å². The van der Waals surface area contributed by atoms with Crippen LogP contribution in [0.2, 0.25) is 0 Å². The summed E-state index contributed by atoms with van der Waals surface area (Å²) in [6.45, 7) is 3.93. The second-order valence-electron chi connectivity index (χ2n) is 4.07. The monoisotopic (exact) mass is 261 g/mol. The van der Waals surface area contributed by atoms with E-state index in [9.17, 15) is 13.2 Å². The predicted octanol–water partition coefficient (Wildman–Crippen LogP) is 0.649. The van der Waals surface area contributed by atoms with Crippen LogP contribution in [-0.4, -0.2) is 37.7 Å². The second-order valence-corrected chi connectivity index (χ2v) is 6.30. The molecule has 0 spiro atoms. The van der Waals surface area contributed by atoms with Crippen LogP contribution in [0, 0.1) is 0 Å². The molecular formula is C10H19N3O3S. The molecule has 0 aromatic heterocycles. The molecule has 0 bridgehead atoms. The fraction of sp³-hybridized carbons (Fsp3) is 0.800. The first kappa shape index (κ1) is 14.0. The van der Waals surface area contributed by atoms with Gasteiger partial charge in [0.1, 0.15) is 0 Å². The van der Waals surface area contributed by atoms with Crippen molar-refractivity contribution in [2.24, 2.45) is 5.10 Å². The number of sulfone groups is 1. The van der Waals surface area contributed by atoms with Crippen molar-refractivity contribution in [1.82, 2.24) is 10.7 Å². The molecule has 0 saturated carbocycles. The van der Waals surface area contributed by atoms with Crippen molar-refractivity contribution in [2.45, 2.75) is 39.2 Å². The minimum atomic E-state index is -2.96. The topological polar surface area (TPSA) is 87.6 Å². The molecule has 1 rings (SSSR count). The molecule has 1 aliphatic rings. The summed E-state index contributed by atoms with van der Waals surface area (Å²) in [4.78, 5) is 11.4. The van der Waals surface area contributed by atoms with Crippen LogP contribution in [0.25, 0.3) is 0 Å². The van der Waals surface area contributed by atoms with Gasteiger partial charge in [-0.25, -0.2) is 18.6 Å². The Morgan fingerprint density at radius 1 is 1.35 bits per heavy atom. The van der Waals surface area contributed by atoms with Crippen molar-refractivity contribution in [3.8, 4) is 0 Å². The maximum atomic E-state index is 11.4. The summed E-state index contributed by atoms with van der Waals surface area (Å²) in [7, 11) is -2.96. The van der Waals surface area contributed by atoms with Crippen molar-refractivity contribution < 1.29 is 13.2 Å². The Kier molecular flexibility index (Phi) is 4.92. The fourth-order valence-corrected chi connectivity index (χ4v) is 3.34. The molecule has 98 valence electrons. The van der Waals surface area contributed by atoms with Gasteiger partial charge in [0.25, 0.3) is 0 Å². The van der Waals surface area contributed by atoms with Crippen molar-refractivity contribution in [3.05, 3.63) is 0 Å². The minimum absolute atomic E-state index is 0.0263. The number of rotatable bonds is 4. The number of carbonyl (C=O) groups excluding carboxylic acids is 1. The Bertz CT molecular complexity index is 397. The highest BCUT2D eigenvalue weighted by molar-refractivity contribution is 7.91. The van der Waals surface area contributed by atoms with Crippen LogP contribution in [0.3, 0.4) is 0 Å². The smallest absolute Gasteiger partial charge is 0.333 e. The maximum absolute atomic E-state index is 11.4. The molecule has 0 aromatic rings. The molecule has 17 heavy (non-hydrogen) atoms. The molecule has 1 atom stereocenters. The Morgan fingerprint density at radius 3 is 2.47 bits per heavy atom. The van der Waals surface area contributed by atoms with Gasteiger partial charge >= 0.3 is 6.03 Å². The quantitative estimate of drug-likeness (QED) is 0.575. The van der Waals surface area contributed by atoms with Crippen LogP contribution >= 0.6 is 0 Å². The van der Waals surface area contributed by atoms with E-state index in [0.29, 0.717) is 6.42 Å². The first-order valence-corrected chi connectivity index (χ1v) is 7.61. The van der Waals surface area contributed by atoms with Crippen LogP contribution < -0.4 is 10.7 Å². The molecule has 2 N–H and O–H groups in total. The normalized spacial score (nSPS) is 21.9. The summed E-state index contributed by atoms with van der Waals surface area (Å²) in [5, 5.41) is 6.55. The van der Waals surface area contributed by atoms with Gasteiger partial charge in [-0.15, -0.1) is 0 Å². The van der Waals surface area contributed by atoms with Gasteiger partial charge in [0, 0.05) is 11.8 Å². The van der Waals surface area contributed by atoms with E-state index in [0.717, 1.165) is 18.6 Å². The zero-order chi connectivity index (χ0) is 12.9. The largest absolute Gasteiger partial charge is 0.335 e. The molecule has 0 aliphatic carbocycles. The molecule has 7 heteroatoms. The molecule has 0 aromatic carbocycles. The van der Waals surface area contributed by atoms with E-state index < -0.39 is 15.9 Å². The van der Waals surface area contributed by atoms with Gasteiger partial charge in [0.15, 0.2) is 9.84 Å². The second kappa shape index (κ2) is 6.00. The highest BCUT2D eigenvalue weighted by Crippen LogP contribution is 2.10. The van der Waals surface area contributed by atoms with Crippen molar-refractivity contribution in [3.63, 3.8) is 0 Å². The lowest BCUT2D eigenvalue weighted by Gasteiger charge is -2.10. The SMILES string of the molecule is CCC(CC)=NNC(=O)NC1CCS(=O)(=O)C1. The van der Waals surface area contributed by atoms with Gasteiger partial charge in [-0.05, 0) is 19.3 Å². The van der Waals surface area contributed by atoms with Gasteiger partial charge in [-0.1, -0.05) is 13.8 Å². The predicted molar refractivity (Wildman–Crippen MR) is 66.7 cm³/mol. The van der Waals surface area contributed by atoms with E-state index in [2.05, 4.69) is 15.8 Å². The Hall–Kier alpha value is -1.11. The van der Waals surface area contributed by atoms with Crippen LogP contribution in [0.15, 0.2) is 5.10 Å². The molecule has 2 amide bonds. The molecule has 1 fully saturated rings. The average molecular weight is 261 g/mol. The van der Waals surface area contributed by atoms with Crippen molar-refractivity contribution >= 4 is 21.6 Å². The highest BCUT2D eigenvalue weighted by Gasteiger charge is 2.28. The summed E-state index contributed by atoms with van der Waals surface area (Å²) >= 11 is 0. The number of hydrazone groups is 1. The number of nitrogens with zero attached hydrogens (tertiary/aromatic N) is 1. The van der Waals surface area contributed by atoms with E-state index in [4.69, 9.17) is 0 Å². The molecule has 1 aliphatic heterocycles. The highest BCUT2D eigenvalue weighted by atomic mass is 32.2. The van der Waals surface area contributed by atoms with Gasteiger partial charge in [0.2, 0.25) is 0 Å². The first-order valence-electron chi connectivity index (χ1n) is 5.79. The molecule has 1 unspecified atom stereocenters. The molecule has 1 heterocycles. The first-order chi connectivity index (χ1) is 7.96. The zero-order valence-electron chi connectivity index (χ0n) is 10.2. The number of amides is 2. The third-order valence-electron chi connectivity index (χ3n) is 2.70. The lowest BCUT2D eigenvalue weighted by Crippen LogP contribution is -2.41. The van der Waals surface area contributed by atoms with Crippen LogP contribution in [0.1, 0.15) is 33.1 Å². The number of carbonyl (C=O) groups is 1. The van der Waals surface area contributed by atoms with Crippen LogP contribution in [0.5, 0.6) is 0 Å². The Morgan fingerprint density at radius 2 is 2.00 bits per heavy atom. The van der Waals surface area contributed by atoms with Crippen LogP contribution in [0.4, 0.5) is 4.79 Å². The summed E-state index contributed by atoms with van der Waals surface area (Å²) < 4.78 is 22.4. The van der Waals surface area contributed by atoms with Gasteiger partial charge in [-0.2, -0.15) is 5.10 Å². The maximum Gasteiger partial charge on any atom is 0.335 e. The molecular weight excluding hydrogens is 242 g/mol. The minimum Gasteiger partial charge on any atom is -0.333 e. The lowest BCUT2D eigenvalue weighted by atomic mass is 10.2. The van der Waals surface area contributed by atoms with E-state index in [-0.39, 0.29) is 17.5 Å². The van der Waals surface area contributed by atoms with E-state index in [1.54, 1.807) is 0 Å². The number of urea groups is 1. The zero-order valence-corrected chi connectivity index (χ0v) is 11.0. The standard InChI is InChI=1S/C10H19N3O3S/c1-3-8(4-2)12-13-10(14)11-9-5-6-17(15,16)7-9/h9H,3-7H2,1-2H3,(H2,11,13,14). The summed E-state index contributed by atoms with van der Waals surface area (Å²) in [5.74, 6) is 0.176. The summed E-state index contributed by atoms with van der Waals surface area (Å²) in [6, 6.07) is -0.728. The molecule has 1 saturated heterocycles. The Labute approximate surface area is 102 Å². The summed E-state index contributed by atoms with van der Waals surface area (Å²) in [6.07, 6.45) is 2.05. The number of hydrogen-bond acceptors (Lipinski definition) is 4. The van der Waals surface area contributed by atoms with E-state index in [1.165, 1.54) is 0 Å². The number of nitrogens with one attached hydrogen (secondary N) is 2. The Balaban J connectivity index is 2.38. The van der Waals surface area contributed by atoms with E-state index in [1.807, 2.05) is 13.8 Å². The van der Waals surface area contributed by atoms with Crippen LogP contribution in [-0.2, 0) is 9.84 Å². The third-order valence-corrected chi connectivity index (χ3v) is 4.47. The molecule has 6 nitrogen and oxygen atoms in total. The average Bonchev–Trinajstić information content (AvgIpc) is 2.59. The van der Waals surface area contributed by atoms with Crippen molar-refractivity contribution in [1.29, 1.82) is 0 Å². The number of hydrogen-bond donors (Lipinski definition) is 2. The lowest BCUT2D eigenvalue weighted by molar-refractivity contribution is 0.238. The fourth-order valence-electron chi connectivity index (χ4n) is 1.66. The van der Waals surface area contributed by atoms with E-state index >= 15 is 0 Å². The van der Waals surface area contributed by atoms with Crippen molar-refractivity contribution in [2.75, 3.05) is 11.5 Å². The van der Waals surface area contributed by atoms with Gasteiger partial charge in [0.05, 0.1) is 11.5 Å². The summed E-state index contributed by atoms with van der Waals surface area (Å²) in [5.41, 5.74) is 3.28. The molecule has 0 radical (unpaired) electrons.